The molecule has 84 valence electrons. The Labute approximate surface area is 88.3 Å². The van der Waals surface area contributed by atoms with Crippen molar-refractivity contribution in [2.24, 2.45) is 0 Å². The Balaban J connectivity index is 2.41. The summed E-state index contributed by atoms with van der Waals surface area (Å²) in [6, 6.07) is 1.55. The third kappa shape index (κ3) is 1.83. The summed E-state index contributed by atoms with van der Waals surface area (Å²) in [7, 11) is 0. The molecule has 0 unspecified atom stereocenters. The van der Waals surface area contributed by atoms with Gasteiger partial charge in [0.05, 0.1) is 11.8 Å². The number of halogens is 2. The van der Waals surface area contributed by atoms with Gasteiger partial charge in [0, 0.05) is 18.5 Å². The molecule has 2 aromatic heterocycles. The maximum absolute atomic E-state index is 13.4. The fraction of sp³-hybridized carbons (Fsp3) is 0.222. The minimum atomic E-state index is -3.45. The molecular formula is C9H7F2N3O2. The van der Waals surface area contributed by atoms with E-state index in [-0.39, 0.29) is 0 Å². The lowest BCUT2D eigenvalue weighted by Crippen LogP contribution is -2.19. The van der Waals surface area contributed by atoms with Gasteiger partial charge in [-0.2, -0.15) is 5.10 Å². The molecule has 0 spiro atoms. The van der Waals surface area contributed by atoms with E-state index in [4.69, 9.17) is 5.11 Å². The lowest BCUT2D eigenvalue weighted by molar-refractivity contribution is -0.145. The van der Waals surface area contributed by atoms with E-state index in [0.29, 0.717) is 5.65 Å². The van der Waals surface area contributed by atoms with Crippen LogP contribution in [-0.4, -0.2) is 25.7 Å². The van der Waals surface area contributed by atoms with Gasteiger partial charge in [-0.3, -0.25) is 4.79 Å². The van der Waals surface area contributed by atoms with Crippen LogP contribution in [0.4, 0.5) is 8.78 Å². The van der Waals surface area contributed by atoms with Crippen molar-refractivity contribution in [1.29, 1.82) is 0 Å². The summed E-state index contributed by atoms with van der Waals surface area (Å²) < 4.78 is 27.9. The fourth-order valence-corrected chi connectivity index (χ4v) is 1.29. The zero-order valence-electron chi connectivity index (χ0n) is 7.97. The van der Waals surface area contributed by atoms with Crippen LogP contribution in [0.25, 0.3) is 5.65 Å². The summed E-state index contributed by atoms with van der Waals surface area (Å²) >= 11 is 0. The molecule has 2 rings (SSSR count). The van der Waals surface area contributed by atoms with Crippen LogP contribution >= 0.6 is 0 Å². The Morgan fingerprint density at radius 2 is 2.31 bits per heavy atom. The second-order valence-corrected chi connectivity index (χ2v) is 3.25. The molecule has 7 heteroatoms. The van der Waals surface area contributed by atoms with E-state index >= 15 is 0 Å². The minimum Gasteiger partial charge on any atom is -0.481 e. The lowest BCUT2D eigenvalue weighted by atomic mass is 10.1. The Hall–Kier alpha value is -2.05. The number of fused-ring (bicyclic) bond motifs is 1. The number of aromatic nitrogens is 3. The molecule has 0 amide bonds. The zero-order chi connectivity index (χ0) is 11.8. The molecule has 0 radical (unpaired) electrons. The molecule has 0 saturated carbocycles. The summed E-state index contributed by atoms with van der Waals surface area (Å²) in [5.41, 5.74) is -0.0408. The molecule has 5 nitrogen and oxygen atoms in total. The van der Waals surface area contributed by atoms with Crippen LogP contribution < -0.4 is 0 Å². The summed E-state index contributed by atoms with van der Waals surface area (Å²) in [5.74, 6) is -5.01. The Kier molecular flexibility index (Phi) is 2.30. The smallest absolute Gasteiger partial charge is 0.309 e. The molecule has 2 heterocycles. The molecule has 0 fully saturated rings. The van der Waals surface area contributed by atoms with Crippen molar-refractivity contribution in [3.63, 3.8) is 0 Å². The predicted molar refractivity (Wildman–Crippen MR) is 49.1 cm³/mol. The van der Waals surface area contributed by atoms with E-state index in [1.807, 2.05) is 0 Å². The molecular weight excluding hydrogens is 220 g/mol. The first kappa shape index (κ1) is 10.5. The van der Waals surface area contributed by atoms with Crippen molar-refractivity contribution in [3.8, 4) is 0 Å². The van der Waals surface area contributed by atoms with E-state index in [0.717, 1.165) is 12.4 Å². The van der Waals surface area contributed by atoms with Gasteiger partial charge in [-0.05, 0) is 0 Å². The number of carboxylic acids is 1. The first-order valence-corrected chi connectivity index (χ1v) is 4.38. The van der Waals surface area contributed by atoms with Gasteiger partial charge >= 0.3 is 5.97 Å². The monoisotopic (exact) mass is 227 g/mol. The highest BCUT2D eigenvalue weighted by molar-refractivity contribution is 5.68. The van der Waals surface area contributed by atoms with Gasteiger partial charge < -0.3 is 5.11 Å². The SMILES string of the molecule is O=C(O)CC(F)(F)c1cnc2ccnn2c1. The number of hydrogen-bond donors (Lipinski definition) is 1. The van der Waals surface area contributed by atoms with Crippen LogP contribution in [-0.2, 0) is 10.7 Å². The Morgan fingerprint density at radius 3 is 3.00 bits per heavy atom. The van der Waals surface area contributed by atoms with E-state index < -0.39 is 23.9 Å². The lowest BCUT2D eigenvalue weighted by Gasteiger charge is -2.13. The molecule has 2 aromatic rings. The van der Waals surface area contributed by atoms with E-state index in [1.165, 1.54) is 10.7 Å². The number of nitrogens with zero attached hydrogens (tertiary/aromatic N) is 3. The van der Waals surface area contributed by atoms with Crippen molar-refractivity contribution in [2.45, 2.75) is 12.3 Å². The fourth-order valence-electron chi connectivity index (χ4n) is 1.29. The zero-order valence-corrected chi connectivity index (χ0v) is 7.97. The minimum absolute atomic E-state index is 0.426. The van der Waals surface area contributed by atoms with Crippen LogP contribution in [0.2, 0.25) is 0 Å². The quantitative estimate of drug-likeness (QED) is 0.858. The molecule has 0 atom stereocenters. The molecule has 0 aliphatic heterocycles. The first-order valence-electron chi connectivity index (χ1n) is 4.38. The number of aliphatic carboxylic acids is 1. The molecule has 1 N–H and O–H groups in total. The average molecular weight is 227 g/mol. The number of carbonyl (C=O) groups is 1. The van der Waals surface area contributed by atoms with Gasteiger partial charge in [0.25, 0.3) is 5.92 Å². The maximum atomic E-state index is 13.4. The second kappa shape index (κ2) is 3.51. The van der Waals surface area contributed by atoms with Crippen molar-refractivity contribution in [2.75, 3.05) is 0 Å². The van der Waals surface area contributed by atoms with Gasteiger partial charge in [-0.1, -0.05) is 0 Å². The molecule has 0 aromatic carbocycles. The van der Waals surface area contributed by atoms with E-state index in [9.17, 15) is 13.6 Å². The maximum Gasteiger partial charge on any atom is 0.309 e. The molecule has 0 bridgehead atoms. The van der Waals surface area contributed by atoms with Crippen LogP contribution in [0.3, 0.4) is 0 Å². The molecule has 16 heavy (non-hydrogen) atoms. The van der Waals surface area contributed by atoms with Gasteiger partial charge in [0.2, 0.25) is 0 Å². The van der Waals surface area contributed by atoms with Crippen LogP contribution in [0.5, 0.6) is 0 Å². The van der Waals surface area contributed by atoms with Crippen LogP contribution in [0.15, 0.2) is 24.7 Å². The number of carboxylic acid groups (broad SMARTS) is 1. The molecule has 0 aliphatic carbocycles. The van der Waals surface area contributed by atoms with Crippen molar-refractivity contribution in [1.82, 2.24) is 14.6 Å². The summed E-state index contributed by atoms with van der Waals surface area (Å²) in [6.07, 6.45) is 2.19. The van der Waals surface area contributed by atoms with Gasteiger partial charge in [-0.25, -0.2) is 18.3 Å². The Bertz CT molecular complexity index is 538. The third-order valence-electron chi connectivity index (χ3n) is 2.04. The first-order chi connectivity index (χ1) is 7.49. The average Bonchev–Trinajstić information content (AvgIpc) is 2.61. The number of hydrogen-bond acceptors (Lipinski definition) is 3. The summed E-state index contributed by atoms with van der Waals surface area (Å²) in [4.78, 5) is 14.0. The second-order valence-electron chi connectivity index (χ2n) is 3.25. The standard InChI is InChI=1S/C9H7F2N3O2/c10-9(11,3-8(15)16)6-4-12-7-1-2-13-14(7)5-6/h1-2,4-5H,3H2,(H,15,16). The van der Waals surface area contributed by atoms with Gasteiger partial charge in [-0.15, -0.1) is 0 Å². The van der Waals surface area contributed by atoms with Crippen LogP contribution in [0, 0.1) is 0 Å². The number of alkyl halides is 2. The number of rotatable bonds is 3. The highest BCUT2D eigenvalue weighted by Crippen LogP contribution is 2.30. The topological polar surface area (TPSA) is 67.5 Å². The van der Waals surface area contributed by atoms with E-state index in [2.05, 4.69) is 10.1 Å². The molecule has 0 aliphatic rings. The van der Waals surface area contributed by atoms with Crippen molar-refractivity contribution < 1.29 is 18.7 Å². The van der Waals surface area contributed by atoms with Crippen molar-refractivity contribution in [3.05, 3.63) is 30.2 Å². The highest BCUT2D eigenvalue weighted by Gasteiger charge is 2.35. The Morgan fingerprint density at radius 1 is 1.56 bits per heavy atom. The van der Waals surface area contributed by atoms with Gasteiger partial charge in [0.15, 0.2) is 5.65 Å². The summed E-state index contributed by atoms with van der Waals surface area (Å²) in [6.45, 7) is 0. The van der Waals surface area contributed by atoms with Gasteiger partial charge in [0.1, 0.15) is 6.42 Å². The van der Waals surface area contributed by atoms with Crippen molar-refractivity contribution >= 4 is 11.6 Å². The van der Waals surface area contributed by atoms with Crippen LogP contribution in [0.1, 0.15) is 12.0 Å². The molecule has 0 saturated heterocycles. The highest BCUT2D eigenvalue weighted by atomic mass is 19.3. The largest absolute Gasteiger partial charge is 0.481 e. The normalized spacial score (nSPS) is 11.9. The summed E-state index contributed by atoms with van der Waals surface area (Å²) in [5, 5.41) is 12.1. The van der Waals surface area contributed by atoms with E-state index in [1.54, 1.807) is 6.07 Å². The third-order valence-corrected chi connectivity index (χ3v) is 2.04. The predicted octanol–water partition coefficient (Wildman–Crippen LogP) is 1.30.